The van der Waals surface area contributed by atoms with Gasteiger partial charge in [-0.05, 0) is 31.2 Å². The van der Waals surface area contributed by atoms with Gasteiger partial charge in [0.1, 0.15) is 5.82 Å². The number of aryl methyl sites for hydroxylation is 1. The highest BCUT2D eigenvalue weighted by atomic mass is 15.2. The van der Waals surface area contributed by atoms with Gasteiger partial charge in [0.15, 0.2) is 11.6 Å². The first-order chi connectivity index (χ1) is 12.1. The molecule has 0 unspecified atom stereocenters. The Morgan fingerprint density at radius 1 is 1.16 bits per heavy atom. The molecule has 1 aliphatic carbocycles. The van der Waals surface area contributed by atoms with E-state index >= 15 is 0 Å². The van der Waals surface area contributed by atoms with Crippen LogP contribution < -0.4 is 5.32 Å². The Kier molecular flexibility index (Phi) is 3.99. The van der Waals surface area contributed by atoms with Gasteiger partial charge in [-0.2, -0.15) is 5.10 Å². The molecule has 1 aromatic carbocycles. The number of anilines is 2. The van der Waals surface area contributed by atoms with E-state index in [9.17, 15) is 0 Å². The molecule has 2 N–H and O–H groups in total. The van der Waals surface area contributed by atoms with Crippen molar-refractivity contribution in [1.82, 2.24) is 20.2 Å². The molecule has 0 saturated heterocycles. The zero-order valence-corrected chi connectivity index (χ0v) is 14.9. The van der Waals surface area contributed by atoms with Crippen LogP contribution in [-0.4, -0.2) is 20.2 Å². The number of aromatic amines is 1. The molecule has 0 radical (unpaired) electrons. The van der Waals surface area contributed by atoms with Crippen molar-refractivity contribution in [3.63, 3.8) is 0 Å². The van der Waals surface area contributed by atoms with Gasteiger partial charge in [0.2, 0.25) is 0 Å². The number of benzene rings is 1. The summed E-state index contributed by atoms with van der Waals surface area (Å²) >= 11 is 0. The first-order valence-corrected chi connectivity index (χ1v) is 8.86. The minimum absolute atomic E-state index is 0.519. The van der Waals surface area contributed by atoms with Crippen molar-refractivity contribution in [2.75, 3.05) is 5.32 Å². The molecule has 0 spiro atoms. The monoisotopic (exact) mass is 333 g/mol. The normalized spacial score (nSPS) is 14.1. The molecular formula is C20H23N5. The molecule has 0 amide bonds. The van der Waals surface area contributed by atoms with Gasteiger partial charge in [-0.25, -0.2) is 9.97 Å². The summed E-state index contributed by atoms with van der Waals surface area (Å²) in [4.78, 5) is 9.20. The molecule has 1 aliphatic rings. The average Bonchev–Trinajstić information content (AvgIpc) is 3.36. The quantitative estimate of drug-likeness (QED) is 0.695. The fourth-order valence-electron chi connectivity index (χ4n) is 2.85. The lowest BCUT2D eigenvalue weighted by Crippen LogP contribution is -2.00. The van der Waals surface area contributed by atoms with Gasteiger partial charge in [0.25, 0.3) is 0 Å². The van der Waals surface area contributed by atoms with Crippen molar-refractivity contribution in [3.8, 4) is 11.4 Å². The van der Waals surface area contributed by atoms with Gasteiger partial charge in [-0.15, -0.1) is 0 Å². The van der Waals surface area contributed by atoms with E-state index in [0.29, 0.717) is 11.8 Å². The van der Waals surface area contributed by atoms with Crippen LogP contribution in [0.2, 0.25) is 0 Å². The van der Waals surface area contributed by atoms with Gasteiger partial charge >= 0.3 is 0 Å². The number of nitrogens with one attached hydrogen (secondary N) is 2. The molecular weight excluding hydrogens is 310 g/mol. The predicted octanol–water partition coefficient (Wildman–Crippen LogP) is 4.92. The van der Waals surface area contributed by atoms with E-state index in [1.54, 1.807) is 0 Å². The van der Waals surface area contributed by atoms with Crippen LogP contribution in [0.25, 0.3) is 11.4 Å². The van der Waals surface area contributed by atoms with E-state index in [4.69, 9.17) is 4.98 Å². The molecule has 2 aromatic heterocycles. The summed E-state index contributed by atoms with van der Waals surface area (Å²) < 4.78 is 0. The highest BCUT2D eigenvalue weighted by Gasteiger charge is 2.25. The fraction of sp³-hybridized carbons (Fsp3) is 0.350. The van der Waals surface area contributed by atoms with Crippen LogP contribution in [0.1, 0.15) is 55.3 Å². The van der Waals surface area contributed by atoms with E-state index in [2.05, 4.69) is 64.7 Å². The lowest BCUT2D eigenvalue weighted by atomic mass is 10.0. The van der Waals surface area contributed by atoms with Crippen LogP contribution in [-0.2, 0) is 0 Å². The SMILES string of the molecule is Cc1cnc(-c2ccc(C(C)C)cc2)nc1Nc1cc(C2CC2)[nH]n1. The maximum atomic E-state index is 4.71. The van der Waals surface area contributed by atoms with Gasteiger partial charge in [-0.3, -0.25) is 5.10 Å². The molecule has 5 heteroatoms. The summed E-state index contributed by atoms with van der Waals surface area (Å²) in [5.41, 5.74) is 4.55. The molecule has 4 rings (SSSR count). The number of H-pyrrole nitrogens is 1. The predicted molar refractivity (Wildman–Crippen MR) is 100 cm³/mol. The third kappa shape index (κ3) is 3.40. The summed E-state index contributed by atoms with van der Waals surface area (Å²) in [6, 6.07) is 10.5. The maximum Gasteiger partial charge on any atom is 0.161 e. The van der Waals surface area contributed by atoms with Gasteiger partial charge < -0.3 is 5.32 Å². The minimum atomic E-state index is 0.519. The largest absolute Gasteiger partial charge is 0.323 e. The molecule has 0 bridgehead atoms. The molecule has 25 heavy (non-hydrogen) atoms. The summed E-state index contributed by atoms with van der Waals surface area (Å²) in [7, 11) is 0. The number of hydrogen-bond acceptors (Lipinski definition) is 4. The Bertz CT molecular complexity index is 875. The van der Waals surface area contributed by atoms with E-state index in [1.807, 2.05) is 13.1 Å². The lowest BCUT2D eigenvalue weighted by molar-refractivity contribution is 0.867. The van der Waals surface area contributed by atoms with Crippen LogP contribution in [0.5, 0.6) is 0 Å². The Balaban J connectivity index is 1.58. The van der Waals surface area contributed by atoms with Crippen molar-refractivity contribution >= 4 is 11.6 Å². The molecule has 3 aromatic rings. The minimum Gasteiger partial charge on any atom is -0.323 e. The number of rotatable bonds is 5. The average molecular weight is 333 g/mol. The lowest BCUT2D eigenvalue weighted by Gasteiger charge is -2.09. The molecule has 0 aliphatic heterocycles. The van der Waals surface area contributed by atoms with Crippen LogP contribution >= 0.6 is 0 Å². The smallest absolute Gasteiger partial charge is 0.161 e. The van der Waals surface area contributed by atoms with Crippen LogP contribution in [0, 0.1) is 6.92 Å². The second kappa shape index (κ2) is 6.31. The Morgan fingerprint density at radius 2 is 1.92 bits per heavy atom. The highest BCUT2D eigenvalue weighted by Crippen LogP contribution is 2.39. The Hall–Kier alpha value is -2.69. The summed E-state index contributed by atoms with van der Waals surface area (Å²) in [5.74, 6) is 3.51. The van der Waals surface area contributed by atoms with Gasteiger partial charge in [-0.1, -0.05) is 38.1 Å². The third-order valence-corrected chi connectivity index (χ3v) is 4.67. The van der Waals surface area contributed by atoms with Crippen molar-refractivity contribution in [1.29, 1.82) is 0 Å². The topological polar surface area (TPSA) is 66.5 Å². The van der Waals surface area contributed by atoms with E-state index in [-0.39, 0.29) is 0 Å². The van der Waals surface area contributed by atoms with E-state index in [1.165, 1.54) is 24.1 Å². The van der Waals surface area contributed by atoms with Crippen LogP contribution in [0.4, 0.5) is 11.6 Å². The van der Waals surface area contributed by atoms with E-state index in [0.717, 1.165) is 28.6 Å². The van der Waals surface area contributed by atoms with Crippen molar-refractivity contribution in [2.45, 2.75) is 45.4 Å². The number of nitrogens with zero attached hydrogens (tertiary/aromatic N) is 3. The maximum absolute atomic E-state index is 4.71. The van der Waals surface area contributed by atoms with Crippen molar-refractivity contribution in [2.24, 2.45) is 0 Å². The fourth-order valence-corrected chi connectivity index (χ4v) is 2.85. The number of aromatic nitrogens is 4. The van der Waals surface area contributed by atoms with E-state index < -0.39 is 0 Å². The Labute approximate surface area is 147 Å². The zero-order chi connectivity index (χ0) is 17.4. The molecule has 1 fully saturated rings. The van der Waals surface area contributed by atoms with Gasteiger partial charge in [0.05, 0.1) is 0 Å². The molecule has 0 atom stereocenters. The third-order valence-electron chi connectivity index (χ3n) is 4.67. The second-order valence-electron chi connectivity index (χ2n) is 7.11. The van der Waals surface area contributed by atoms with Crippen molar-refractivity contribution < 1.29 is 0 Å². The first kappa shape index (κ1) is 15.8. The first-order valence-electron chi connectivity index (χ1n) is 8.86. The van der Waals surface area contributed by atoms with Crippen LogP contribution in [0.3, 0.4) is 0 Å². The zero-order valence-electron chi connectivity index (χ0n) is 14.9. The summed E-state index contributed by atoms with van der Waals surface area (Å²) in [6.07, 6.45) is 4.37. The van der Waals surface area contributed by atoms with Gasteiger partial charge in [0, 0.05) is 35.0 Å². The standard InChI is InChI=1S/C20H23N5/c1-12(2)14-4-8-16(9-5-14)20-21-11-13(3)19(23-20)22-18-10-17(24-25-18)15-6-7-15/h4-5,8-12,15H,6-7H2,1-3H3,(H2,21,22,23,24,25). The molecule has 128 valence electrons. The molecule has 2 heterocycles. The van der Waals surface area contributed by atoms with Crippen LogP contribution in [0.15, 0.2) is 36.5 Å². The number of hydrogen-bond donors (Lipinski definition) is 2. The highest BCUT2D eigenvalue weighted by molar-refractivity contribution is 5.62. The second-order valence-corrected chi connectivity index (χ2v) is 7.11. The Morgan fingerprint density at radius 3 is 2.60 bits per heavy atom. The molecule has 1 saturated carbocycles. The summed E-state index contributed by atoms with van der Waals surface area (Å²) in [6.45, 7) is 6.39. The molecule has 5 nitrogen and oxygen atoms in total. The van der Waals surface area contributed by atoms with Crippen molar-refractivity contribution in [3.05, 3.63) is 53.3 Å². The summed E-state index contributed by atoms with van der Waals surface area (Å²) in [5, 5.41) is 10.8.